The summed E-state index contributed by atoms with van der Waals surface area (Å²) < 4.78 is 43.5. The van der Waals surface area contributed by atoms with Gasteiger partial charge >= 0.3 is 6.18 Å². The number of aromatic nitrogens is 1. The third-order valence-corrected chi connectivity index (χ3v) is 2.83. The van der Waals surface area contributed by atoms with E-state index in [0.717, 1.165) is 18.5 Å². The van der Waals surface area contributed by atoms with Crippen LogP contribution in [0.15, 0.2) is 42.7 Å². The van der Waals surface area contributed by atoms with Gasteiger partial charge in [-0.2, -0.15) is 13.2 Å². The molecule has 21 heavy (non-hydrogen) atoms. The number of benzene rings is 1. The molecule has 2 aromatic rings. The molecule has 0 atom stereocenters. The second-order valence-electron chi connectivity index (χ2n) is 4.09. The number of hydrogen-bond acceptors (Lipinski definition) is 3. The quantitative estimate of drug-likeness (QED) is 0.800. The molecule has 0 bridgehead atoms. The van der Waals surface area contributed by atoms with Crippen molar-refractivity contribution >= 4 is 17.4 Å². The van der Waals surface area contributed by atoms with Crippen molar-refractivity contribution in [3.63, 3.8) is 0 Å². The lowest BCUT2D eigenvalue weighted by Gasteiger charge is -2.11. The molecule has 0 N–H and O–H groups in total. The molecular weight excluding hydrogens is 307 g/mol. The molecule has 0 aliphatic rings. The third-order valence-electron chi connectivity index (χ3n) is 2.59. The average Bonchev–Trinajstić information content (AvgIpc) is 2.44. The van der Waals surface area contributed by atoms with Gasteiger partial charge < -0.3 is 4.74 Å². The Morgan fingerprint density at radius 2 is 2.05 bits per heavy atom. The summed E-state index contributed by atoms with van der Waals surface area (Å²) in [6, 6.07) is 6.98. The van der Waals surface area contributed by atoms with Gasteiger partial charge in [0.1, 0.15) is 5.75 Å². The Balaban J connectivity index is 2.14. The molecular formula is C14H9ClF3NO2. The van der Waals surface area contributed by atoms with E-state index >= 15 is 0 Å². The van der Waals surface area contributed by atoms with Gasteiger partial charge in [-0.15, -0.1) is 0 Å². The maximum Gasteiger partial charge on any atom is 0.417 e. The van der Waals surface area contributed by atoms with Gasteiger partial charge in [0.15, 0.2) is 6.61 Å². The van der Waals surface area contributed by atoms with E-state index < -0.39 is 29.7 Å². The Labute approximate surface area is 123 Å². The summed E-state index contributed by atoms with van der Waals surface area (Å²) in [5.74, 6) is -0.510. The smallest absolute Gasteiger partial charge is 0.417 e. The van der Waals surface area contributed by atoms with Crippen molar-refractivity contribution in [2.45, 2.75) is 6.18 Å². The highest BCUT2D eigenvalue weighted by molar-refractivity contribution is 6.30. The number of carbonyl (C=O) groups excluding carboxylic acids is 1. The van der Waals surface area contributed by atoms with Crippen LogP contribution in [0.1, 0.15) is 15.9 Å². The van der Waals surface area contributed by atoms with Crippen LogP contribution in [0.3, 0.4) is 0 Å². The molecule has 0 saturated heterocycles. The molecule has 110 valence electrons. The van der Waals surface area contributed by atoms with Gasteiger partial charge in [0.25, 0.3) is 0 Å². The van der Waals surface area contributed by atoms with Crippen molar-refractivity contribution in [1.82, 2.24) is 4.98 Å². The minimum atomic E-state index is -4.62. The van der Waals surface area contributed by atoms with Gasteiger partial charge in [-0.1, -0.05) is 17.7 Å². The highest BCUT2D eigenvalue weighted by Gasteiger charge is 2.35. The van der Waals surface area contributed by atoms with E-state index in [1.54, 1.807) is 18.2 Å². The van der Waals surface area contributed by atoms with Crippen molar-refractivity contribution in [1.29, 1.82) is 0 Å². The Kier molecular flexibility index (Phi) is 4.47. The number of alkyl halides is 3. The molecule has 3 nitrogen and oxygen atoms in total. The van der Waals surface area contributed by atoms with E-state index in [1.807, 2.05) is 0 Å². The average molecular weight is 316 g/mol. The van der Waals surface area contributed by atoms with Gasteiger partial charge in [0.2, 0.25) is 5.78 Å². The lowest BCUT2D eigenvalue weighted by Crippen LogP contribution is -2.18. The molecule has 0 amide bonds. The second kappa shape index (κ2) is 6.13. The molecule has 1 aromatic carbocycles. The molecule has 0 aliphatic heterocycles. The van der Waals surface area contributed by atoms with E-state index in [1.165, 1.54) is 6.07 Å². The maximum atomic E-state index is 12.8. The van der Waals surface area contributed by atoms with Crippen LogP contribution < -0.4 is 4.74 Å². The van der Waals surface area contributed by atoms with E-state index in [2.05, 4.69) is 4.98 Å². The summed E-state index contributed by atoms with van der Waals surface area (Å²) >= 11 is 5.74. The number of Topliss-reactive ketones (excluding diaryl/α,β-unsaturated/α-hetero) is 1. The van der Waals surface area contributed by atoms with Gasteiger partial charge in [-0.25, -0.2) is 0 Å². The Bertz CT molecular complexity index is 659. The standard InChI is InChI=1S/C14H9ClF3NO2/c15-9-2-1-3-10(6-9)21-8-13(20)11-7-19-5-4-12(11)14(16,17)18/h1-7H,8H2. The van der Waals surface area contributed by atoms with Gasteiger partial charge in [0.05, 0.1) is 11.1 Å². The molecule has 0 fully saturated rings. The van der Waals surface area contributed by atoms with Crippen molar-refractivity contribution < 1.29 is 22.7 Å². The fourth-order valence-electron chi connectivity index (χ4n) is 1.65. The molecule has 0 radical (unpaired) electrons. The van der Waals surface area contributed by atoms with Crippen LogP contribution in [0, 0.1) is 0 Å². The van der Waals surface area contributed by atoms with Crippen LogP contribution in [0.5, 0.6) is 5.75 Å². The summed E-state index contributed by atoms with van der Waals surface area (Å²) in [5.41, 5.74) is -1.55. The molecule has 0 spiro atoms. The van der Waals surface area contributed by atoms with Crippen LogP contribution in [0.2, 0.25) is 5.02 Å². The van der Waals surface area contributed by atoms with Crippen molar-refractivity contribution in [3.8, 4) is 5.75 Å². The predicted octanol–water partition coefficient (Wildman–Crippen LogP) is 4.02. The summed E-state index contributed by atoms with van der Waals surface area (Å²) in [6.07, 6.45) is -2.76. The SMILES string of the molecule is O=C(COc1cccc(Cl)c1)c1cnccc1C(F)(F)F. The second-order valence-corrected chi connectivity index (χ2v) is 4.52. The van der Waals surface area contributed by atoms with E-state index in [4.69, 9.17) is 16.3 Å². The molecule has 1 heterocycles. The van der Waals surface area contributed by atoms with Crippen LogP contribution >= 0.6 is 11.6 Å². The molecule has 2 rings (SSSR count). The summed E-state index contributed by atoms with van der Waals surface area (Å²) in [5, 5.41) is 0.400. The normalized spacial score (nSPS) is 11.2. The maximum absolute atomic E-state index is 12.8. The number of pyridine rings is 1. The first-order valence-electron chi connectivity index (χ1n) is 5.80. The van der Waals surface area contributed by atoms with E-state index in [9.17, 15) is 18.0 Å². The number of carbonyl (C=O) groups is 1. The zero-order valence-corrected chi connectivity index (χ0v) is 11.3. The van der Waals surface area contributed by atoms with E-state index in [0.29, 0.717) is 10.8 Å². The van der Waals surface area contributed by atoms with Crippen molar-refractivity contribution in [2.75, 3.05) is 6.61 Å². The first-order valence-corrected chi connectivity index (χ1v) is 6.18. The fraction of sp³-hybridized carbons (Fsp3) is 0.143. The zero-order chi connectivity index (χ0) is 15.5. The Morgan fingerprint density at radius 1 is 1.29 bits per heavy atom. The van der Waals surface area contributed by atoms with Gasteiger partial charge in [0, 0.05) is 17.4 Å². The minimum Gasteiger partial charge on any atom is -0.485 e. The number of rotatable bonds is 4. The largest absolute Gasteiger partial charge is 0.485 e. The first-order chi connectivity index (χ1) is 9.88. The summed E-state index contributed by atoms with van der Waals surface area (Å²) in [6.45, 7) is -0.533. The lowest BCUT2D eigenvalue weighted by molar-refractivity contribution is -0.138. The van der Waals surface area contributed by atoms with Crippen LogP contribution in [0.25, 0.3) is 0 Å². The van der Waals surface area contributed by atoms with Crippen molar-refractivity contribution in [2.24, 2.45) is 0 Å². The molecule has 0 unspecified atom stereocenters. The van der Waals surface area contributed by atoms with E-state index in [-0.39, 0.29) is 0 Å². The monoisotopic (exact) mass is 315 g/mol. The number of ether oxygens (including phenoxy) is 1. The molecule has 7 heteroatoms. The topological polar surface area (TPSA) is 39.2 Å². The Hall–Kier alpha value is -2.08. The molecule has 0 aliphatic carbocycles. The minimum absolute atomic E-state index is 0.299. The molecule has 1 aromatic heterocycles. The fourth-order valence-corrected chi connectivity index (χ4v) is 1.83. The van der Waals surface area contributed by atoms with Crippen LogP contribution in [-0.4, -0.2) is 17.4 Å². The first kappa shape index (κ1) is 15.3. The lowest BCUT2D eigenvalue weighted by atomic mass is 10.1. The number of halogens is 4. The predicted molar refractivity (Wildman–Crippen MR) is 70.5 cm³/mol. The number of ketones is 1. The van der Waals surface area contributed by atoms with Gasteiger partial charge in [-0.05, 0) is 24.3 Å². The molecule has 0 saturated carbocycles. The highest BCUT2D eigenvalue weighted by atomic mass is 35.5. The zero-order valence-electron chi connectivity index (χ0n) is 10.5. The summed E-state index contributed by atoms with van der Waals surface area (Å²) in [7, 11) is 0. The number of hydrogen-bond donors (Lipinski definition) is 0. The van der Waals surface area contributed by atoms with Crippen LogP contribution in [0.4, 0.5) is 13.2 Å². The Morgan fingerprint density at radius 3 is 2.71 bits per heavy atom. The number of nitrogens with zero attached hydrogens (tertiary/aromatic N) is 1. The van der Waals surface area contributed by atoms with Crippen LogP contribution in [-0.2, 0) is 6.18 Å². The van der Waals surface area contributed by atoms with Crippen molar-refractivity contribution in [3.05, 3.63) is 58.9 Å². The summed E-state index contributed by atoms with van der Waals surface area (Å²) in [4.78, 5) is 15.4. The van der Waals surface area contributed by atoms with Gasteiger partial charge in [-0.3, -0.25) is 9.78 Å². The third kappa shape index (κ3) is 3.95. The highest BCUT2D eigenvalue weighted by Crippen LogP contribution is 2.31.